The molecule has 0 aromatic heterocycles. The van der Waals surface area contributed by atoms with E-state index in [1.165, 1.54) is 16.7 Å². The van der Waals surface area contributed by atoms with Crippen molar-refractivity contribution in [2.45, 2.75) is 57.1 Å². The summed E-state index contributed by atoms with van der Waals surface area (Å²) in [5.41, 5.74) is 4.49. The van der Waals surface area contributed by atoms with Crippen molar-refractivity contribution >= 4 is 11.8 Å². The van der Waals surface area contributed by atoms with E-state index in [0.717, 1.165) is 12.3 Å². The van der Waals surface area contributed by atoms with E-state index in [1.54, 1.807) is 0 Å². The van der Waals surface area contributed by atoms with Crippen molar-refractivity contribution in [2.24, 2.45) is 0 Å². The molecule has 1 nitrogen and oxygen atoms in total. The van der Waals surface area contributed by atoms with Crippen molar-refractivity contribution in [1.29, 1.82) is 0 Å². The van der Waals surface area contributed by atoms with Crippen LogP contribution in [0.5, 0.6) is 0 Å². The topological polar surface area (TPSA) is 12.0 Å². The first-order valence-electron chi connectivity index (χ1n) is 6.95. The smallest absolute Gasteiger partial charge is 0.0467 e. The fraction of sp³-hybridized carbons (Fsp3) is 0.625. The maximum absolute atomic E-state index is 3.68. The van der Waals surface area contributed by atoms with E-state index < -0.39 is 0 Å². The van der Waals surface area contributed by atoms with Gasteiger partial charge in [-0.25, -0.2) is 0 Å². The van der Waals surface area contributed by atoms with Crippen LogP contribution >= 0.6 is 11.8 Å². The molecule has 100 valence electrons. The van der Waals surface area contributed by atoms with E-state index in [4.69, 9.17) is 0 Å². The van der Waals surface area contributed by atoms with Crippen molar-refractivity contribution in [1.82, 2.24) is 5.32 Å². The predicted octanol–water partition coefficient (Wildman–Crippen LogP) is 4.49. The molecule has 1 atom stereocenters. The molecule has 0 aliphatic carbocycles. The fourth-order valence-corrected chi connectivity index (χ4v) is 3.82. The van der Waals surface area contributed by atoms with Crippen molar-refractivity contribution in [3.8, 4) is 0 Å². The van der Waals surface area contributed by atoms with Crippen LogP contribution < -0.4 is 5.32 Å². The highest BCUT2D eigenvalue weighted by atomic mass is 32.2. The summed E-state index contributed by atoms with van der Waals surface area (Å²) in [4.78, 5) is 0. The quantitative estimate of drug-likeness (QED) is 0.862. The molecule has 0 radical (unpaired) electrons. The summed E-state index contributed by atoms with van der Waals surface area (Å²) in [5, 5.41) is 3.68. The zero-order valence-electron chi connectivity index (χ0n) is 12.2. The maximum atomic E-state index is 3.68. The monoisotopic (exact) mass is 263 g/mol. The lowest BCUT2D eigenvalue weighted by Crippen LogP contribution is -2.40. The van der Waals surface area contributed by atoms with Crippen LogP contribution in [0.15, 0.2) is 18.2 Å². The first-order valence-corrected chi connectivity index (χ1v) is 7.94. The number of fused-ring (bicyclic) bond motifs is 1. The number of hydrogen-bond acceptors (Lipinski definition) is 2. The van der Waals surface area contributed by atoms with Gasteiger partial charge in [-0.05, 0) is 43.0 Å². The Labute approximate surface area is 116 Å². The second-order valence-electron chi connectivity index (χ2n) is 6.00. The van der Waals surface area contributed by atoms with E-state index >= 15 is 0 Å². The molecule has 1 aliphatic heterocycles. The summed E-state index contributed by atoms with van der Waals surface area (Å²) in [6, 6.07) is 7.52. The molecule has 18 heavy (non-hydrogen) atoms. The van der Waals surface area contributed by atoms with Crippen molar-refractivity contribution in [3.05, 3.63) is 34.9 Å². The molecule has 2 heteroatoms. The Morgan fingerprint density at radius 2 is 2.11 bits per heavy atom. The predicted molar refractivity (Wildman–Crippen MR) is 82.3 cm³/mol. The molecule has 1 unspecified atom stereocenters. The Bertz CT molecular complexity index is 423. The third kappa shape index (κ3) is 2.60. The zero-order valence-corrected chi connectivity index (χ0v) is 13.0. The summed E-state index contributed by atoms with van der Waals surface area (Å²) in [5.74, 6) is 1.75. The van der Waals surface area contributed by atoms with Gasteiger partial charge < -0.3 is 5.32 Å². The molecule has 2 rings (SSSR count). The number of hydrogen-bond donors (Lipinski definition) is 1. The summed E-state index contributed by atoms with van der Waals surface area (Å²) in [7, 11) is 0. The highest BCUT2D eigenvalue weighted by molar-refractivity contribution is 8.00. The summed E-state index contributed by atoms with van der Waals surface area (Å²) >= 11 is 2.06. The molecule has 0 amide bonds. The molecule has 1 aliphatic rings. The minimum atomic E-state index is 0.276. The van der Waals surface area contributed by atoms with Crippen LogP contribution in [0.25, 0.3) is 0 Å². The molecule has 0 bridgehead atoms. The van der Waals surface area contributed by atoms with E-state index in [2.05, 4.69) is 69.9 Å². The van der Waals surface area contributed by atoms with Crippen molar-refractivity contribution in [3.63, 3.8) is 0 Å². The summed E-state index contributed by atoms with van der Waals surface area (Å²) < 4.78 is 0.276. The minimum absolute atomic E-state index is 0.276. The number of benzene rings is 1. The van der Waals surface area contributed by atoms with Gasteiger partial charge in [0.2, 0.25) is 0 Å². The van der Waals surface area contributed by atoms with Crippen LogP contribution in [-0.2, 0) is 5.75 Å². The molecular weight excluding hydrogens is 238 g/mol. The molecule has 0 saturated carbocycles. The highest BCUT2D eigenvalue weighted by Gasteiger charge is 2.36. The van der Waals surface area contributed by atoms with Gasteiger partial charge in [0, 0.05) is 16.5 Å². The second-order valence-corrected chi connectivity index (χ2v) is 7.63. The lowest BCUT2D eigenvalue weighted by molar-refractivity contribution is 0.449. The Morgan fingerprint density at radius 1 is 1.39 bits per heavy atom. The first kappa shape index (κ1) is 14.0. The Morgan fingerprint density at radius 3 is 2.72 bits per heavy atom. The largest absolute Gasteiger partial charge is 0.309 e. The Kier molecular flexibility index (Phi) is 4.08. The molecule has 1 N–H and O–H groups in total. The van der Waals surface area contributed by atoms with Gasteiger partial charge in [0.15, 0.2) is 0 Å². The molecular formula is C16H25NS. The lowest BCUT2D eigenvalue weighted by atomic mass is 9.88. The van der Waals surface area contributed by atoms with Crippen molar-refractivity contribution in [2.75, 3.05) is 6.54 Å². The van der Waals surface area contributed by atoms with E-state index in [0.29, 0.717) is 12.0 Å². The summed E-state index contributed by atoms with van der Waals surface area (Å²) in [6.07, 6.45) is 0. The van der Waals surface area contributed by atoms with Crippen LogP contribution in [0.1, 0.15) is 63.3 Å². The van der Waals surface area contributed by atoms with Gasteiger partial charge in [-0.2, -0.15) is 0 Å². The van der Waals surface area contributed by atoms with Gasteiger partial charge >= 0.3 is 0 Å². The summed E-state index contributed by atoms with van der Waals surface area (Å²) in [6.45, 7) is 12.5. The maximum Gasteiger partial charge on any atom is 0.0467 e. The van der Waals surface area contributed by atoms with Gasteiger partial charge in [0.05, 0.1) is 0 Å². The van der Waals surface area contributed by atoms with Crippen LogP contribution in [0.2, 0.25) is 0 Å². The fourth-order valence-electron chi connectivity index (χ4n) is 2.65. The van der Waals surface area contributed by atoms with E-state index in [1.807, 2.05) is 0 Å². The average molecular weight is 263 g/mol. The van der Waals surface area contributed by atoms with E-state index in [9.17, 15) is 0 Å². The average Bonchev–Trinajstić information content (AvgIpc) is 2.32. The third-order valence-electron chi connectivity index (χ3n) is 3.85. The number of rotatable bonds is 3. The van der Waals surface area contributed by atoms with Gasteiger partial charge in [-0.3, -0.25) is 0 Å². The standard InChI is InChI=1S/C16H25NS/c1-6-17-15-14-9-12(11(2)3)7-8-13(14)10-18-16(15,4)5/h7-9,11,15,17H,6,10H2,1-5H3. The molecule has 1 aromatic rings. The number of thioether (sulfide) groups is 1. The first-order chi connectivity index (χ1) is 8.45. The Balaban J connectivity index is 2.44. The molecule has 1 aromatic carbocycles. The molecule has 0 saturated heterocycles. The number of nitrogens with one attached hydrogen (secondary N) is 1. The lowest BCUT2D eigenvalue weighted by Gasteiger charge is -2.40. The van der Waals surface area contributed by atoms with Gasteiger partial charge in [-0.1, -0.05) is 39.0 Å². The van der Waals surface area contributed by atoms with Crippen LogP contribution in [0.4, 0.5) is 0 Å². The van der Waals surface area contributed by atoms with E-state index in [-0.39, 0.29) is 4.75 Å². The van der Waals surface area contributed by atoms with Crippen LogP contribution in [0.3, 0.4) is 0 Å². The zero-order chi connectivity index (χ0) is 13.3. The van der Waals surface area contributed by atoms with Gasteiger partial charge in [0.25, 0.3) is 0 Å². The molecule has 0 spiro atoms. The Hall–Kier alpha value is -0.470. The van der Waals surface area contributed by atoms with Crippen molar-refractivity contribution < 1.29 is 0 Å². The van der Waals surface area contributed by atoms with Gasteiger partial charge in [-0.15, -0.1) is 11.8 Å². The molecule has 1 heterocycles. The normalized spacial score (nSPS) is 22.0. The second kappa shape index (κ2) is 5.26. The molecule has 0 fully saturated rings. The van der Waals surface area contributed by atoms with Crippen LogP contribution in [-0.4, -0.2) is 11.3 Å². The van der Waals surface area contributed by atoms with Gasteiger partial charge in [0.1, 0.15) is 0 Å². The highest BCUT2D eigenvalue weighted by Crippen LogP contribution is 2.46. The van der Waals surface area contributed by atoms with Crippen LogP contribution in [0, 0.1) is 0 Å². The third-order valence-corrected chi connectivity index (χ3v) is 5.29. The minimum Gasteiger partial charge on any atom is -0.309 e. The SMILES string of the molecule is CCNC1c2cc(C(C)C)ccc2CSC1(C)C.